The lowest BCUT2D eigenvalue weighted by molar-refractivity contribution is -0.120. The molecule has 2 aliphatic rings. The second kappa shape index (κ2) is 5.47. The Balaban J connectivity index is 1.77. The van der Waals surface area contributed by atoms with E-state index in [2.05, 4.69) is 58.4 Å². The fourth-order valence-corrected chi connectivity index (χ4v) is 5.45. The van der Waals surface area contributed by atoms with Gasteiger partial charge in [0.25, 0.3) is 0 Å². The van der Waals surface area contributed by atoms with Crippen molar-refractivity contribution >= 4 is 59.4 Å². The van der Waals surface area contributed by atoms with Gasteiger partial charge in [-0.2, -0.15) is 0 Å². The summed E-state index contributed by atoms with van der Waals surface area (Å²) in [6.07, 6.45) is 3.29. The van der Waals surface area contributed by atoms with Crippen LogP contribution in [0.15, 0.2) is 25.6 Å². The van der Waals surface area contributed by atoms with E-state index in [1.54, 1.807) is 0 Å². The molecule has 0 aliphatic carbocycles. The first-order chi connectivity index (χ1) is 9.04. The third-order valence-corrected chi connectivity index (χ3v) is 5.60. The lowest BCUT2D eigenvalue weighted by Crippen LogP contribution is -2.33. The highest BCUT2D eigenvalue weighted by Gasteiger charge is 2.42. The molecule has 3 unspecified atom stereocenters. The maximum absolute atomic E-state index is 12.4. The van der Waals surface area contributed by atoms with Crippen LogP contribution in [0.2, 0.25) is 0 Å². The van der Waals surface area contributed by atoms with E-state index in [1.807, 2.05) is 12.1 Å². The number of anilines is 1. The van der Waals surface area contributed by atoms with E-state index < -0.39 is 0 Å². The van der Waals surface area contributed by atoms with Crippen LogP contribution < -0.4 is 10.6 Å². The zero-order valence-corrected chi connectivity index (χ0v) is 14.8. The molecule has 0 saturated carbocycles. The second-order valence-electron chi connectivity index (χ2n) is 5.12. The summed E-state index contributed by atoms with van der Waals surface area (Å²) in [5.41, 5.74) is 0.802. The number of carbonyl (C=O) groups excluding carboxylic acids is 1. The molecule has 1 aromatic rings. The van der Waals surface area contributed by atoms with E-state index in [0.717, 1.165) is 31.9 Å². The summed E-state index contributed by atoms with van der Waals surface area (Å²) in [5.74, 6) is 0.213. The van der Waals surface area contributed by atoms with Crippen molar-refractivity contribution in [2.75, 3.05) is 5.32 Å². The van der Waals surface area contributed by atoms with E-state index in [1.165, 1.54) is 6.42 Å². The molecule has 1 aromatic carbocycles. The van der Waals surface area contributed by atoms with Crippen molar-refractivity contribution in [2.24, 2.45) is 5.92 Å². The van der Waals surface area contributed by atoms with Gasteiger partial charge in [0.15, 0.2) is 0 Å². The monoisotopic (exact) mass is 450 g/mol. The molecule has 0 spiro atoms. The maximum atomic E-state index is 12.4. The fraction of sp³-hybridized carbons (Fsp3) is 0.462. The molecule has 6 heteroatoms. The van der Waals surface area contributed by atoms with Crippen molar-refractivity contribution in [3.8, 4) is 0 Å². The van der Waals surface area contributed by atoms with Crippen LogP contribution in [0.5, 0.6) is 0 Å². The molecule has 3 nitrogen and oxygen atoms in total. The molecule has 102 valence electrons. The minimum atomic E-state index is 0.0983. The number of carbonyl (C=O) groups is 1. The maximum Gasteiger partial charge on any atom is 0.229 e. The molecule has 0 radical (unpaired) electrons. The van der Waals surface area contributed by atoms with Gasteiger partial charge in [0, 0.05) is 25.5 Å². The standard InChI is InChI=1S/C13H13Br3N2O/c14-6-3-9(15)12(10(16)4-6)18-13(19)8-5-7-1-2-11(8)17-7/h3-4,7-8,11,17H,1-2,5H2,(H,18,19). The number of hydrogen-bond donors (Lipinski definition) is 2. The number of rotatable bonds is 2. The van der Waals surface area contributed by atoms with Gasteiger partial charge >= 0.3 is 0 Å². The normalized spacial score (nSPS) is 28.7. The number of halogens is 3. The molecule has 2 heterocycles. The Hall–Kier alpha value is 0.0900. The molecular weight excluding hydrogens is 440 g/mol. The molecule has 0 aromatic heterocycles. The quantitative estimate of drug-likeness (QED) is 0.710. The summed E-state index contributed by atoms with van der Waals surface area (Å²) in [5, 5.41) is 6.53. The number of nitrogens with one attached hydrogen (secondary N) is 2. The predicted octanol–water partition coefficient (Wildman–Crippen LogP) is 4.05. The Morgan fingerprint density at radius 3 is 2.42 bits per heavy atom. The average molecular weight is 453 g/mol. The molecule has 2 bridgehead atoms. The molecule has 2 fully saturated rings. The Bertz CT molecular complexity index is 512. The smallest absolute Gasteiger partial charge is 0.229 e. The van der Waals surface area contributed by atoms with E-state index in [-0.39, 0.29) is 11.8 Å². The molecule has 3 rings (SSSR count). The first-order valence-corrected chi connectivity index (χ1v) is 8.64. The van der Waals surface area contributed by atoms with Crippen molar-refractivity contribution in [1.29, 1.82) is 0 Å². The SMILES string of the molecule is O=C(Nc1c(Br)cc(Br)cc1Br)C1CC2CCC1N2. The van der Waals surface area contributed by atoms with E-state index >= 15 is 0 Å². The van der Waals surface area contributed by atoms with E-state index in [4.69, 9.17) is 0 Å². The van der Waals surface area contributed by atoms with Gasteiger partial charge in [0.05, 0.1) is 11.6 Å². The molecular formula is C13H13Br3N2O. The van der Waals surface area contributed by atoms with Crippen molar-refractivity contribution < 1.29 is 4.79 Å². The summed E-state index contributed by atoms with van der Waals surface area (Å²) in [6.45, 7) is 0. The number of amides is 1. The topological polar surface area (TPSA) is 41.1 Å². The van der Waals surface area contributed by atoms with Gasteiger partial charge in [0.1, 0.15) is 0 Å². The summed E-state index contributed by atoms with van der Waals surface area (Å²) in [4.78, 5) is 12.4. The van der Waals surface area contributed by atoms with Crippen LogP contribution in [-0.2, 0) is 4.79 Å². The highest BCUT2D eigenvalue weighted by molar-refractivity contribution is 9.11. The van der Waals surface area contributed by atoms with Crippen LogP contribution in [-0.4, -0.2) is 18.0 Å². The lowest BCUT2D eigenvalue weighted by atomic mass is 9.88. The first-order valence-electron chi connectivity index (χ1n) is 6.26. The number of benzene rings is 1. The number of fused-ring (bicyclic) bond motifs is 2. The minimum absolute atomic E-state index is 0.0983. The van der Waals surface area contributed by atoms with E-state index in [0.29, 0.717) is 12.1 Å². The van der Waals surface area contributed by atoms with Gasteiger partial charge in [-0.25, -0.2) is 0 Å². The molecule has 3 atom stereocenters. The zero-order chi connectivity index (χ0) is 13.6. The summed E-state index contributed by atoms with van der Waals surface area (Å²) in [7, 11) is 0. The van der Waals surface area contributed by atoms with Crippen LogP contribution in [0, 0.1) is 5.92 Å². The van der Waals surface area contributed by atoms with Crippen molar-refractivity contribution in [1.82, 2.24) is 5.32 Å². The summed E-state index contributed by atoms with van der Waals surface area (Å²) >= 11 is 10.4. The van der Waals surface area contributed by atoms with Crippen LogP contribution in [0.1, 0.15) is 19.3 Å². The van der Waals surface area contributed by atoms with Crippen molar-refractivity contribution in [3.63, 3.8) is 0 Å². The Morgan fingerprint density at radius 2 is 1.89 bits per heavy atom. The Kier molecular flexibility index (Phi) is 4.04. The first kappa shape index (κ1) is 14.0. The summed E-state index contributed by atoms with van der Waals surface area (Å²) in [6, 6.07) is 4.76. The van der Waals surface area contributed by atoms with Gasteiger partial charge in [-0.1, -0.05) is 15.9 Å². The summed E-state index contributed by atoms with van der Waals surface area (Å²) < 4.78 is 2.71. The van der Waals surface area contributed by atoms with Crippen LogP contribution in [0.25, 0.3) is 0 Å². The van der Waals surface area contributed by atoms with Crippen LogP contribution >= 0.6 is 47.8 Å². The predicted molar refractivity (Wildman–Crippen MR) is 86.2 cm³/mol. The Morgan fingerprint density at radius 1 is 1.21 bits per heavy atom. The number of hydrogen-bond acceptors (Lipinski definition) is 2. The van der Waals surface area contributed by atoms with Crippen molar-refractivity contribution in [2.45, 2.75) is 31.3 Å². The molecule has 2 aliphatic heterocycles. The molecule has 2 saturated heterocycles. The van der Waals surface area contributed by atoms with Gasteiger partial charge < -0.3 is 10.6 Å². The van der Waals surface area contributed by atoms with Crippen LogP contribution in [0.3, 0.4) is 0 Å². The molecule has 1 amide bonds. The second-order valence-corrected chi connectivity index (χ2v) is 7.75. The molecule has 19 heavy (non-hydrogen) atoms. The van der Waals surface area contributed by atoms with Gasteiger partial charge in [-0.05, 0) is 63.3 Å². The Labute approximate surface area is 137 Å². The highest BCUT2D eigenvalue weighted by atomic mass is 79.9. The highest BCUT2D eigenvalue weighted by Crippen LogP contribution is 2.37. The van der Waals surface area contributed by atoms with Crippen LogP contribution in [0.4, 0.5) is 5.69 Å². The van der Waals surface area contributed by atoms with Gasteiger partial charge in [-0.3, -0.25) is 4.79 Å². The fourth-order valence-electron chi connectivity index (χ4n) is 2.99. The largest absolute Gasteiger partial charge is 0.324 e. The minimum Gasteiger partial charge on any atom is -0.324 e. The van der Waals surface area contributed by atoms with Gasteiger partial charge in [-0.15, -0.1) is 0 Å². The van der Waals surface area contributed by atoms with Gasteiger partial charge in [0.2, 0.25) is 5.91 Å². The van der Waals surface area contributed by atoms with Crippen molar-refractivity contribution in [3.05, 3.63) is 25.6 Å². The third-order valence-electron chi connectivity index (χ3n) is 3.89. The van der Waals surface area contributed by atoms with E-state index in [9.17, 15) is 4.79 Å². The lowest BCUT2D eigenvalue weighted by Gasteiger charge is -2.20. The third kappa shape index (κ3) is 2.77. The molecule has 2 N–H and O–H groups in total. The zero-order valence-electron chi connectivity index (χ0n) is 10.1. The average Bonchev–Trinajstić information content (AvgIpc) is 2.95.